The lowest BCUT2D eigenvalue weighted by molar-refractivity contribution is 0.0938. The Bertz CT molecular complexity index is 372. The zero-order valence-corrected chi connectivity index (χ0v) is 11.2. The Hall–Kier alpha value is -1.30. The molecule has 1 rings (SSSR count). The Morgan fingerprint density at radius 1 is 1.53 bits per heavy atom. The standard InChI is InChI=1S/C11H18N4OS/c1-4-13-10-6-12-5-9(15-10)11(16)14-8(2)7-17-3/h5-6,8H,4,7H2,1-3H3,(H,13,15)(H,14,16). The Kier molecular flexibility index (Phi) is 5.76. The maximum Gasteiger partial charge on any atom is 0.271 e. The third-order valence-electron chi connectivity index (χ3n) is 2.02. The SMILES string of the molecule is CCNc1cncc(C(=O)NC(C)CSC)n1. The summed E-state index contributed by atoms with van der Waals surface area (Å²) in [4.78, 5) is 20.0. The summed E-state index contributed by atoms with van der Waals surface area (Å²) in [6, 6.07) is 0.127. The molecule has 1 amide bonds. The van der Waals surface area contributed by atoms with Crippen molar-refractivity contribution in [3.63, 3.8) is 0 Å². The summed E-state index contributed by atoms with van der Waals surface area (Å²) in [6.45, 7) is 4.69. The van der Waals surface area contributed by atoms with E-state index >= 15 is 0 Å². The molecule has 1 unspecified atom stereocenters. The average molecular weight is 254 g/mol. The van der Waals surface area contributed by atoms with Crippen molar-refractivity contribution in [3.8, 4) is 0 Å². The van der Waals surface area contributed by atoms with Crippen LogP contribution in [0.5, 0.6) is 0 Å². The fourth-order valence-electron chi connectivity index (χ4n) is 1.33. The number of carbonyl (C=O) groups excluding carboxylic acids is 1. The lowest BCUT2D eigenvalue weighted by atomic mass is 10.3. The largest absolute Gasteiger partial charge is 0.369 e. The number of anilines is 1. The van der Waals surface area contributed by atoms with Crippen molar-refractivity contribution in [2.75, 3.05) is 23.9 Å². The van der Waals surface area contributed by atoms with Gasteiger partial charge in [0.25, 0.3) is 5.91 Å². The van der Waals surface area contributed by atoms with Gasteiger partial charge in [0.05, 0.1) is 12.4 Å². The van der Waals surface area contributed by atoms with Gasteiger partial charge in [0.2, 0.25) is 0 Å². The van der Waals surface area contributed by atoms with Gasteiger partial charge in [-0.1, -0.05) is 0 Å². The van der Waals surface area contributed by atoms with E-state index < -0.39 is 0 Å². The Morgan fingerprint density at radius 2 is 2.29 bits per heavy atom. The second-order valence-corrected chi connectivity index (χ2v) is 4.56. The van der Waals surface area contributed by atoms with E-state index in [2.05, 4.69) is 20.6 Å². The van der Waals surface area contributed by atoms with Crippen LogP contribution in [-0.4, -0.2) is 40.5 Å². The molecule has 1 aromatic heterocycles. The van der Waals surface area contributed by atoms with E-state index in [1.54, 1.807) is 18.0 Å². The van der Waals surface area contributed by atoms with Crippen LogP contribution in [0, 0.1) is 0 Å². The molecule has 1 atom stereocenters. The first kappa shape index (κ1) is 13.8. The molecular formula is C11H18N4OS. The van der Waals surface area contributed by atoms with Gasteiger partial charge in [-0.3, -0.25) is 9.78 Å². The number of hydrogen-bond acceptors (Lipinski definition) is 5. The minimum atomic E-state index is -0.182. The predicted molar refractivity (Wildman–Crippen MR) is 71.5 cm³/mol. The zero-order chi connectivity index (χ0) is 12.7. The van der Waals surface area contributed by atoms with Crippen LogP contribution < -0.4 is 10.6 Å². The normalized spacial score (nSPS) is 11.9. The number of nitrogens with zero attached hydrogens (tertiary/aromatic N) is 2. The van der Waals surface area contributed by atoms with E-state index in [4.69, 9.17) is 0 Å². The molecule has 0 saturated carbocycles. The van der Waals surface area contributed by atoms with Crippen LogP contribution in [0.2, 0.25) is 0 Å². The third-order valence-corrected chi connectivity index (χ3v) is 2.85. The molecule has 6 heteroatoms. The van der Waals surface area contributed by atoms with Crippen molar-refractivity contribution >= 4 is 23.5 Å². The van der Waals surface area contributed by atoms with Gasteiger partial charge in [-0.05, 0) is 20.1 Å². The highest BCUT2D eigenvalue weighted by molar-refractivity contribution is 7.98. The molecule has 2 N–H and O–H groups in total. The quantitative estimate of drug-likeness (QED) is 0.803. The number of aromatic nitrogens is 2. The van der Waals surface area contributed by atoms with Gasteiger partial charge in [-0.25, -0.2) is 4.98 Å². The fourth-order valence-corrected chi connectivity index (χ4v) is 1.91. The first-order chi connectivity index (χ1) is 8.17. The second kappa shape index (κ2) is 7.11. The summed E-state index contributed by atoms with van der Waals surface area (Å²) in [7, 11) is 0. The molecule has 0 aliphatic rings. The molecule has 0 aliphatic heterocycles. The summed E-state index contributed by atoms with van der Waals surface area (Å²) in [5, 5.41) is 5.90. The smallest absolute Gasteiger partial charge is 0.271 e. The van der Waals surface area contributed by atoms with E-state index in [1.165, 1.54) is 6.20 Å². The maximum atomic E-state index is 11.8. The minimum Gasteiger partial charge on any atom is -0.369 e. The van der Waals surface area contributed by atoms with Crippen LogP contribution in [-0.2, 0) is 0 Å². The molecule has 0 saturated heterocycles. The van der Waals surface area contributed by atoms with E-state index in [0.29, 0.717) is 11.5 Å². The highest BCUT2D eigenvalue weighted by Crippen LogP contribution is 2.03. The van der Waals surface area contributed by atoms with Gasteiger partial charge in [0.15, 0.2) is 0 Å². The van der Waals surface area contributed by atoms with Crippen LogP contribution in [0.25, 0.3) is 0 Å². The average Bonchev–Trinajstić information content (AvgIpc) is 2.30. The number of amides is 1. The van der Waals surface area contributed by atoms with Crippen molar-refractivity contribution < 1.29 is 4.79 Å². The first-order valence-corrected chi connectivity index (χ1v) is 6.92. The van der Waals surface area contributed by atoms with Crippen molar-refractivity contribution in [3.05, 3.63) is 18.1 Å². The van der Waals surface area contributed by atoms with E-state index in [9.17, 15) is 4.79 Å². The number of hydrogen-bond donors (Lipinski definition) is 2. The van der Waals surface area contributed by atoms with Crippen LogP contribution in [0.4, 0.5) is 5.82 Å². The van der Waals surface area contributed by atoms with Gasteiger partial charge in [-0.15, -0.1) is 0 Å². The van der Waals surface area contributed by atoms with Gasteiger partial charge in [0.1, 0.15) is 11.5 Å². The zero-order valence-electron chi connectivity index (χ0n) is 10.4. The summed E-state index contributed by atoms with van der Waals surface area (Å²) in [5.74, 6) is 1.32. The van der Waals surface area contributed by atoms with Crippen LogP contribution in [0.3, 0.4) is 0 Å². The molecule has 0 bridgehead atoms. The molecule has 17 heavy (non-hydrogen) atoms. The predicted octanol–water partition coefficient (Wildman–Crippen LogP) is 1.39. The Labute approximate surface area is 106 Å². The van der Waals surface area contributed by atoms with Crippen molar-refractivity contribution in [1.82, 2.24) is 15.3 Å². The van der Waals surface area contributed by atoms with E-state index in [1.807, 2.05) is 20.1 Å². The molecule has 0 aromatic carbocycles. The van der Waals surface area contributed by atoms with E-state index in [-0.39, 0.29) is 11.9 Å². The molecule has 0 spiro atoms. The summed E-state index contributed by atoms with van der Waals surface area (Å²) in [6.07, 6.45) is 5.09. The topological polar surface area (TPSA) is 66.9 Å². The maximum absolute atomic E-state index is 11.8. The number of carbonyl (C=O) groups is 1. The molecule has 0 fully saturated rings. The molecule has 1 aromatic rings. The fraction of sp³-hybridized carbons (Fsp3) is 0.545. The van der Waals surface area contributed by atoms with Gasteiger partial charge < -0.3 is 10.6 Å². The van der Waals surface area contributed by atoms with Gasteiger partial charge in [-0.2, -0.15) is 11.8 Å². The minimum absolute atomic E-state index is 0.127. The summed E-state index contributed by atoms with van der Waals surface area (Å²) in [5.41, 5.74) is 0.344. The van der Waals surface area contributed by atoms with Crippen LogP contribution in [0.1, 0.15) is 24.3 Å². The molecule has 0 aliphatic carbocycles. The van der Waals surface area contributed by atoms with E-state index in [0.717, 1.165) is 12.3 Å². The van der Waals surface area contributed by atoms with Gasteiger partial charge >= 0.3 is 0 Å². The first-order valence-electron chi connectivity index (χ1n) is 5.53. The molecule has 5 nitrogen and oxygen atoms in total. The van der Waals surface area contributed by atoms with Crippen molar-refractivity contribution in [2.24, 2.45) is 0 Å². The van der Waals surface area contributed by atoms with Crippen molar-refractivity contribution in [1.29, 1.82) is 0 Å². The molecular weight excluding hydrogens is 236 g/mol. The van der Waals surface area contributed by atoms with Crippen molar-refractivity contribution in [2.45, 2.75) is 19.9 Å². The molecule has 1 heterocycles. The monoisotopic (exact) mass is 254 g/mol. The summed E-state index contributed by atoms with van der Waals surface area (Å²) < 4.78 is 0. The van der Waals surface area contributed by atoms with Crippen LogP contribution >= 0.6 is 11.8 Å². The lowest BCUT2D eigenvalue weighted by Gasteiger charge is -2.12. The summed E-state index contributed by atoms with van der Waals surface area (Å²) >= 11 is 1.70. The second-order valence-electron chi connectivity index (χ2n) is 3.65. The lowest BCUT2D eigenvalue weighted by Crippen LogP contribution is -2.34. The Morgan fingerprint density at radius 3 is 2.94 bits per heavy atom. The molecule has 0 radical (unpaired) electrons. The van der Waals surface area contributed by atoms with Crippen LogP contribution in [0.15, 0.2) is 12.4 Å². The third kappa shape index (κ3) is 4.60. The highest BCUT2D eigenvalue weighted by Gasteiger charge is 2.11. The highest BCUT2D eigenvalue weighted by atomic mass is 32.2. The molecule has 94 valence electrons. The number of nitrogens with one attached hydrogen (secondary N) is 2. The Balaban J connectivity index is 2.65. The number of rotatable bonds is 6. The van der Waals surface area contributed by atoms with Gasteiger partial charge in [0, 0.05) is 18.3 Å². The number of thioether (sulfide) groups is 1.